The molecular weight excluding hydrogens is 306 g/mol. The van der Waals surface area contributed by atoms with Crippen LogP contribution in [0.2, 0.25) is 0 Å². The van der Waals surface area contributed by atoms with Gasteiger partial charge in [-0.3, -0.25) is 4.79 Å². The zero-order valence-electron chi connectivity index (χ0n) is 14.0. The predicted octanol–water partition coefficient (Wildman–Crippen LogP) is 2.07. The summed E-state index contributed by atoms with van der Waals surface area (Å²) in [4.78, 5) is 25.1. The van der Waals surface area contributed by atoms with E-state index in [0.717, 1.165) is 25.7 Å². The molecule has 7 nitrogen and oxygen atoms in total. The monoisotopic (exact) mass is 329 g/mol. The lowest BCUT2D eigenvalue weighted by Gasteiger charge is -2.23. The first-order valence-corrected chi connectivity index (χ1v) is 8.48. The average molecular weight is 329 g/mol. The molecule has 0 radical (unpaired) electrons. The zero-order valence-corrected chi connectivity index (χ0v) is 14.0. The van der Waals surface area contributed by atoms with Gasteiger partial charge < -0.3 is 10.6 Å². The summed E-state index contributed by atoms with van der Waals surface area (Å²) in [5.41, 5.74) is 1.26. The molecule has 1 atom stereocenters. The molecule has 2 N–H and O–H groups in total. The van der Waals surface area contributed by atoms with E-state index in [2.05, 4.69) is 20.9 Å². The minimum Gasteiger partial charge on any atom is -0.352 e. The van der Waals surface area contributed by atoms with E-state index in [-0.39, 0.29) is 17.9 Å². The van der Waals surface area contributed by atoms with Crippen LogP contribution in [-0.2, 0) is 4.79 Å². The SMILES string of the molecule is CC(C)[C@H](NC(=O)n1nnc2ccccc21)C(=O)NC1CCCC1. The molecule has 0 aliphatic heterocycles. The van der Waals surface area contributed by atoms with E-state index >= 15 is 0 Å². The maximum Gasteiger partial charge on any atom is 0.344 e. The van der Waals surface area contributed by atoms with Gasteiger partial charge in [0.05, 0.1) is 5.52 Å². The normalized spacial score (nSPS) is 16.5. The Kier molecular flexibility index (Phi) is 4.78. The number of carbonyl (C=O) groups is 2. The van der Waals surface area contributed by atoms with Crippen molar-refractivity contribution in [1.29, 1.82) is 0 Å². The molecule has 3 rings (SSSR count). The van der Waals surface area contributed by atoms with Gasteiger partial charge in [0.2, 0.25) is 5.91 Å². The van der Waals surface area contributed by atoms with Gasteiger partial charge in [-0.25, -0.2) is 4.79 Å². The minimum atomic E-state index is -0.596. The topological polar surface area (TPSA) is 88.9 Å². The molecular formula is C17H23N5O2. The quantitative estimate of drug-likeness (QED) is 0.899. The van der Waals surface area contributed by atoms with Crippen molar-refractivity contribution < 1.29 is 9.59 Å². The summed E-state index contributed by atoms with van der Waals surface area (Å²) in [5, 5.41) is 13.7. The molecule has 2 amide bonds. The fourth-order valence-electron chi connectivity index (χ4n) is 3.11. The molecule has 0 bridgehead atoms. The Labute approximate surface area is 140 Å². The highest BCUT2D eigenvalue weighted by molar-refractivity contribution is 5.91. The van der Waals surface area contributed by atoms with E-state index in [1.165, 1.54) is 4.68 Å². The third kappa shape index (κ3) is 3.39. The van der Waals surface area contributed by atoms with Gasteiger partial charge in [-0.1, -0.05) is 44.0 Å². The maximum atomic E-state index is 12.5. The number of para-hydroxylation sites is 1. The summed E-state index contributed by atoms with van der Waals surface area (Å²) in [6.07, 6.45) is 4.32. The molecule has 24 heavy (non-hydrogen) atoms. The lowest BCUT2D eigenvalue weighted by atomic mass is 10.0. The van der Waals surface area contributed by atoms with Crippen LogP contribution in [0.15, 0.2) is 24.3 Å². The van der Waals surface area contributed by atoms with Crippen LogP contribution in [-0.4, -0.2) is 39.0 Å². The molecule has 0 saturated heterocycles. The lowest BCUT2D eigenvalue weighted by molar-refractivity contribution is -0.124. The first-order valence-electron chi connectivity index (χ1n) is 8.48. The maximum absolute atomic E-state index is 12.5. The van der Waals surface area contributed by atoms with Crippen molar-refractivity contribution in [2.75, 3.05) is 0 Å². The van der Waals surface area contributed by atoms with Crippen molar-refractivity contribution >= 4 is 23.0 Å². The second-order valence-corrected chi connectivity index (χ2v) is 6.65. The standard InChI is InChI=1S/C17H23N5O2/c1-11(2)15(16(23)18-12-7-3-4-8-12)19-17(24)22-14-10-6-5-9-13(14)20-21-22/h5-6,9-12,15H,3-4,7-8H2,1-2H3,(H,18,23)(H,19,24)/t15-/m0/s1. The Morgan fingerprint density at radius 3 is 2.62 bits per heavy atom. The van der Waals surface area contributed by atoms with E-state index in [1.807, 2.05) is 26.0 Å². The molecule has 0 spiro atoms. The second kappa shape index (κ2) is 6.98. The number of rotatable bonds is 4. The van der Waals surface area contributed by atoms with Crippen LogP contribution in [0.25, 0.3) is 11.0 Å². The van der Waals surface area contributed by atoms with Gasteiger partial charge in [0.15, 0.2) is 0 Å². The molecule has 1 aromatic heterocycles. The van der Waals surface area contributed by atoms with Gasteiger partial charge in [-0.05, 0) is 30.9 Å². The average Bonchev–Trinajstić information content (AvgIpc) is 3.21. The molecule has 1 aromatic carbocycles. The Bertz CT molecular complexity index is 733. The number of hydrogen-bond donors (Lipinski definition) is 2. The van der Waals surface area contributed by atoms with E-state index < -0.39 is 12.1 Å². The van der Waals surface area contributed by atoms with Crippen molar-refractivity contribution in [3.8, 4) is 0 Å². The second-order valence-electron chi connectivity index (χ2n) is 6.65. The van der Waals surface area contributed by atoms with Crippen molar-refractivity contribution in [3.05, 3.63) is 24.3 Å². The molecule has 7 heteroatoms. The zero-order chi connectivity index (χ0) is 17.1. The fraction of sp³-hybridized carbons (Fsp3) is 0.529. The number of hydrogen-bond acceptors (Lipinski definition) is 4. The van der Waals surface area contributed by atoms with Crippen LogP contribution >= 0.6 is 0 Å². The summed E-state index contributed by atoms with van der Waals surface area (Å²) < 4.78 is 1.20. The van der Waals surface area contributed by atoms with Crippen LogP contribution in [0.5, 0.6) is 0 Å². The first-order chi connectivity index (χ1) is 11.6. The molecule has 1 aliphatic carbocycles. The third-order valence-corrected chi connectivity index (χ3v) is 4.47. The number of nitrogens with one attached hydrogen (secondary N) is 2. The lowest BCUT2D eigenvalue weighted by Crippen LogP contribution is -2.52. The number of nitrogens with zero attached hydrogens (tertiary/aromatic N) is 3. The van der Waals surface area contributed by atoms with Gasteiger partial charge in [0.25, 0.3) is 0 Å². The van der Waals surface area contributed by atoms with Gasteiger partial charge in [-0.15, -0.1) is 5.10 Å². The molecule has 1 aliphatic rings. The van der Waals surface area contributed by atoms with Crippen LogP contribution in [0, 0.1) is 5.92 Å². The minimum absolute atomic E-state index is 0.0230. The Morgan fingerprint density at radius 1 is 1.21 bits per heavy atom. The molecule has 128 valence electrons. The number of fused-ring (bicyclic) bond motifs is 1. The molecule has 1 saturated carbocycles. The van der Waals surface area contributed by atoms with E-state index in [9.17, 15) is 9.59 Å². The van der Waals surface area contributed by atoms with Crippen molar-refractivity contribution in [2.24, 2.45) is 5.92 Å². The van der Waals surface area contributed by atoms with Crippen LogP contribution in [0.1, 0.15) is 39.5 Å². The van der Waals surface area contributed by atoms with Gasteiger partial charge >= 0.3 is 6.03 Å². The van der Waals surface area contributed by atoms with Crippen LogP contribution in [0.3, 0.4) is 0 Å². The summed E-state index contributed by atoms with van der Waals surface area (Å²) in [7, 11) is 0. The van der Waals surface area contributed by atoms with Crippen molar-refractivity contribution in [1.82, 2.24) is 25.6 Å². The van der Waals surface area contributed by atoms with Crippen molar-refractivity contribution in [3.63, 3.8) is 0 Å². The van der Waals surface area contributed by atoms with E-state index in [1.54, 1.807) is 12.1 Å². The van der Waals surface area contributed by atoms with Gasteiger partial charge in [0, 0.05) is 6.04 Å². The summed E-state index contributed by atoms with van der Waals surface area (Å²) in [6, 6.07) is 6.41. The highest BCUT2D eigenvalue weighted by atomic mass is 16.2. The number of aromatic nitrogens is 3. The van der Waals surface area contributed by atoms with Crippen LogP contribution < -0.4 is 10.6 Å². The summed E-state index contributed by atoms with van der Waals surface area (Å²) >= 11 is 0. The highest BCUT2D eigenvalue weighted by Crippen LogP contribution is 2.18. The number of benzene rings is 1. The Morgan fingerprint density at radius 2 is 1.92 bits per heavy atom. The predicted molar refractivity (Wildman–Crippen MR) is 90.5 cm³/mol. The fourth-order valence-corrected chi connectivity index (χ4v) is 3.11. The molecule has 2 aromatic rings. The third-order valence-electron chi connectivity index (χ3n) is 4.47. The first kappa shape index (κ1) is 16.4. The molecule has 0 unspecified atom stereocenters. The Hall–Kier alpha value is -2.44. The van der Waals surface area contributed by atoms with Crippen LogP contribution in [0.4, 0.5) is 4.79 Å². The molecule has 1 heterocycles. The summed E-state index contributed by atoms with van der Waals surface area (Å²) in [6.45, 7) is 3.83. The Balaban J connectivity index is 1.72. The molecule has 1 fully saturated rings. The van der Waals surface area contributed by atoms with Crippen molar-refractivity contribution in [2.45, 2.75) is 51.6 Å². The summed E-state index contributed by atoms with van der Waals surface area (Å²) in [5.74, 6) is -0.153. The van der Waals surface area contributed by atoms with E-state index in [0.29, 0.717) is 11.0 Å². The highest BCUT2D eigenvalue weighted by Gasteiger charge is 2.28. The van der Waals surface area contributed by atoms with Gasteiger partial charge in [-0.2, -0.15) is 4.68 Å². The largest absolute Gasteiger partial charge is 0.352 e. The number of amides is 2. The van der Waals surface area contributed by atoms with Gasteiger partial charge in [0.1, 0.15) is 11.6 Å². The number of carbonyl (C=O) groups excluding carboxylic acids is 2. The van der Waals surface area contributed by atoms with E-state index in [4.69, 9.17) is 0 Å². The smallest absolute Gasteiger partial charge is 0.344 e.